The summed E-state index contributed by atoms with van der Waals surface area (Å²) in [7, 11) is 1.75. The van der Waals surface area contributed by atoms with E-state index in [1.165, 1.54) is 12.8 Å². The number of hydrogen-bond acceptors (Lipinski definition) is 3. The lowest BCUT2D eigenvalue weighted by Gasteiger charge is -2.19. The Morgan fingerprint density at radius 3 is 2.62 bits per heavy atom. The largest absolute Gasteiger partial charge is 0.396 e. The average Bonchev–Trinajstić information content (AvgIpc) is 3.39. The van der Waals surface area contributed by atoms with Crippen LogP contribution in [0.25, 0.3) is 0 Å². The summed E-state index contributed by atoms with van der Waals surface area (Å²) in [6.45, 7) is 5.31. The Kier molecular flexibility index (Phi) is 7.53. The molecule has 0 heterocycles. The monoisotopic (exact) mass is 333 g/mol. The lowest BCUT2D eigenvalue weighted by atomic mass is 10.0. The fourth-order valence-corrected chi connectivity index (χ4v) is 2.80. The van der Waals surface area contributed by atoms with Crippen LogP contribution in [-0.4, -0.2) is 51.0 Å². The molecule has 24 heavy (non-hydrogen) atoms. The molecule has 0 spiro atoms. The summed E-state index contributed by atoms with van der Waals surface area (Å²) in [5, 5.41) is 16.3. The normalized spacial score (nSPS) is 17.4. The highest BCUT2D eigenvalue weighted by Gasteiger charge is 2.41. The molecule has 1 fully saturated rings. The Morgan fingerprint density at radius 1 is 1.29 bits per heavy atom. The van der Waals surface area contributed by atoms with Gasteiger partial charge in [0.15, 0.2) is 5.96 Å². The predicted octanol–water partition coefficient (Wildman–Crippen LogP) is 2.13. The van der Waals surface area contributed by atoms with E-state index in [0.29, 0.717) is 12.0 Å². The molecule has 1 unspecified atom stereocenters. The molecule has 134 valence electrons. The van der Waals surface area contributed by atoms with E-state index in [2.05, 4.69) is 29.7 Å². The highest BCUT2D eigenvalue weighted by atomic mass is 16.5. The Bertz CT molecular complexity index is 501. The van der Waals surface area contributed by atoms with Gasteiger partial charge < -0.3 is 20.5 Å². The first-order chi connectivity index (χ1) is 11.7. The number of aliphatic hydroxyl groups is 1. The van der Waals surface area contributed by atoms with Crippen molar-refractivity contribution in [2.24, 2.45) is 10.4 Å². The molecular formula is C19H31N3O2. The van der Waals surface area contributed by atoms with Gasteiger partial charge in [-0.15, -0.1) is 0 Å². The molecular weight excluding hydrogens is 302 g/mol. The third-order valence-electron chi connectivity index (χ3n) is 4.72. The molecule has 1 saturated carbocycles. The molecule has 0 bridgehead atoms. The number of aliphatic imine (C=N–C) groups is 1. The van der Waals surface area contributed by atoms with E-state index < -0.39 is 0 Å². The zero-order chi connectivity index (χ0) is 17.3. The Morgan fingerprint density at radius 2 is 2.04 bits per heavy atom. The first-order valence-electron chi connectivity index (χ1n) is 8.90. The topological polar surface area (TPSA) is 65.9 Å². The van der Waals surface area contributed by atoms with Crippen LogP contribution in [0, 0.1) is 5.41 Å². The number of guanidine groups is 1. The Hall–Kier alpha value is -1.59. The Balaban J connectivity index is 1.89. The summed E-state index contributed by atoms with van der Waals surface area (Å²) in [6, 6.07) is 10.1. The molecule has 0 saturated heterocycles. The molecule has 5 nitrogen and oxygen atoms in total. The molecule has 1 aromatic rings. The molecule has 1 aliphatic carbocycles. The van der Waals surface area contributed by atoms with Gasteiger partial charge >= 0.3 is 0 Å². The van der Waals surface area contributed by atoms with Crippen molar-refractivity contribution in [2.75, 3.05) is 40.0 Å². The minimum absolute atomic E-state index is 0.0680. The van der Waals surface area contributed by atoms with Crippen molar-refractivity contribution in [1.82, 2.24) is 10.6 Å². The molecule has 5 heteroatoms. The minimum atomic E-state index is 0.0680. The number of aliphatic hydroxyl groups excluding tert-OH is 1. The lowest BCUT2D eigenvalue weighted by molar-refractivity contribution is 0.174. The van der Waals surface area contributed by atoms with E-state index in [0.717, 1.165) is 37.6 Å². The van der Waals surface area contributed by atoms with Crippen LogP contribution in [-0.2, 0) is 4.74 Å². The summed E-state index contributed by atoms with van der Waals surface area (Å²) in [6.07, 6.45) is 3.56. The molecule has 1 aromatic carbocycles. The van der Waals surface area contributed by atoms with Crippen LogP contribution in [0.1, 0.15) is 37.7 Å². The van der Waals surface area contributed by atoms with Gasteiger partial charge in [0, 0.05) is 39.3 Å². The molecule has 0 aliphatic heterocycles. The van der Waals surface area contributed by atoms with E-state index in [1.54, 1.807) is 7.11 Å². The minimum Gasteiger partial charge on any atom is -0.396 e. The number of hydrogen-bond donors (Lipinski definition) is 3. The lowest BCUT2D eigenvalue weighted by Crippen LogP contribution is -2.40. The van der Waals surface area contributed by atoms with E-state index in [4.69, 9.17) is 9.73 Å². The van der Waals surface area contributed by atoms with Gasteiger partial charge in [0.05, 0.1) is 6.61 Å². The van der Waals surface area contributed by atoms with Crippen molar-refractivity contribution < 1.29 is 9.84 Å². The van der Waals surface area contributed by atoms with Crippen LogP contribution in [0.5, 0.6) is 0 Å². The van der Waals surface area contributed by atoms with Crippen LogP contribution in [0.2, 0.25) is 0 Å². The quantitative estimate of drug-likeness (QED) is 0.453. The summed E-state index contributed by atoms with van der Waals surface area (Å²) in [5.74, 6) is 0.897. The van der Waals surface area contributed by atoms with Gasteiger partial charge in [-0.05, 0) is 37.2 Å². The molecule has 0 aromatic heterocycles. The van der Waals surface area contributed by atoms with E-state index in [9.17, 15) is 5.11 Å². The predicted molar refractivity (Wildman–Crippen MR) is 98.4 cm³/mol. The van der Waals surface area contributed by atoms with Crippen molar-refractivity contribution in [2.45, 2.75) is 32.1 Å². The average molecular weight is 333 g/mol. The molecule has 1 aliphatic rings. The second-order valence-electron chi connectivity index (χ2n) is 6.61. The van der Waals surface area contributed by atoms with Crippen molar-refractivity contribution in [3.05, 3.63) is 35.9 Å². The van der Waals surface area contributed by atoms with Crippen LogP contribution in [0.3, 0.4) is 0 Å². The number of ether oxygens (including phenoxy) is 1. The fraction of sp³-hybridized carbons (Fsp3) is 0.632. The van der Waals surface area contributed by atoms with Crippen molar-refractivity contribution in [3.63, 3.8) is 0 Å². The van der Waals surface area contributed by atoms with Crippen LogP contribution >= 0.6 is 0 Å². The number of nitrogens with one attached hydrogen (secondary N) is 2. The highest BCUT2D eigenvalue weighted by molar-refractivity contribution is 5.79. The number of rotatable bonds is 10. The van der Waals surface area contributed by atoms with Crippen LogP contribution < -0.4 is 10.6 Å². The smallest absolute Gasteiger partial charge is 0.191 e. The van der Waals surface area contributed by atoms with Crippen molar-refractivity contribution >= 4 is 5.96 Å². The van der Waals surface area contributed by atoms with E-state index in [1.807, 2.05) is 18.2 Å². The van der Waals surface area contributed by atoms with Gasteiger partial charge in [0.25, 0.3) is 0 Å². The maximum Gasteiger partial charge on any atom is 0.191 e. The molecule has 0 radical (unpaired) electrons. The molecule has 3 N–H and O–H groups in total. The van der Waals surface area contributed by atoms with Crippen LogP contribution in [0.15, 0.2) is 35.3 Å². The zero-order valence-corrected chi connectivity index (χ0v) is 14.9. The SMILES string of the molecule is CCNC(=NCC1(CCOC)CC1)NCC(CO)c1ccccc1. The maximum atomic E-state index is 9.67. The zero-order valence-electron chi connectivity index (χ0n) is 14.9. The second kappa shape index (κ2) is 9.64. The summed E-state index contributed by atoms with van der Waals surface area (Å²) in [5.41, 5.74) is 1.48. The second-order valence-corrected chi connectivity index (χ2v) is 6.61. The van der Waals surface area contributed by atoms with Gasteiger partial charge in [-0.3, -0.25) is 4.99 Å². The summed E-state index contributed by atoms with van der Waals surface area (Å²) in [4.78, 5) is 4.76. The number of nitrogens with zero attached hydrogens (tertiary/aromatic N) is 1. The third-order valence-corrected chi connectivity index (χ3v) is 4.72. The molecule has 2 rings (SSSR count). The number of benzene rings is 1. The number of methoxy groups -OCH3 is 1. The standard InChI is InChI=1S/C19H31N3O2/c1-3-20-18(22-15-19(9-10-19)11-12-24-2)21-13-17(14-23)16-7-5-4-6-8-16/h4-8,17,23H,3,9-15H2,1-2H3,(H2,20,21,22). The molecule has 0 amide bonds. The highest BCUT2D eigenvalue weighted by Crippen LogP contribution is 2.48. The van der Waals surface area contributed by atoms with Crippen molar-refractivity contribution in [1.29, 1.82) is 0 Å². The fourth-order valence-electron chi connectivity index (χ4n) is 2.80. The van der Waals surface area contributed by atoms with E-state index >= 15 is 0 Å². The van der Waals surface area contributed by atoms with Crippen molar-refractivity contribution in [3.8, 4) is 0 Å². The van der Waals surface area contributed by atoms with Gasteiger partial charge in [-0.2, -0.15) is 0 Å². The van der Waals surface area contributed by atoms with Gasteiger partial charge in [-0.25, -0.2) is 0 Å². The van der Waals surface area contributed by atoms with Gasteiger partial charge in [-0.1, -0.05) is 30.3 Å². The summed E-state index contributed by atoms with van der Waals surface area (Å²) < 4.78 is 5.21. The maximum absolute atomic E-state index is 9.67. The first-order valence-corrected chi connectivity index (χ1v) is 8.90. The van der Waals surface area contributed by atoms with Crippen LogP contribution in [0.4, 0.5) is 0 Å². The summed E-state index contributed by atoms with van der Waals surface area (Å²) >= 11 is 0. The Labute approximate surface area is 145 Å². The van der Waals surface area contributed by atoms with Gasteiger partial charge in [0.2, 0.25) is 0 Å². The first kappa shape index (κ1) is 18.7. The third kappa shape index (κ3) is 5.80. The molecule has 1 atom stereocenters. The van der Waals surface area contributed by atoms with Gasteiger partial charge in [0.1, 0.15) is 0 Å². The van der Waals surface area contributed by atoms with E-state index in [-0.39, 0.29) is 12.5 Å².